The van der Waals surface area contributed by atoms with Crippen molar-refractivity contribution < 1.29 is 9.90 Å². The first-order chi connectivity index (χ1) is 9.92. The van der Waals surface area contributed by atoms with E-state index in [1.807, 2.05) is 32.9 Å². The molecule has 0 unspecified atom stereocenters. The second-order valence-electron chi connectivity index (χ2n) is 5.15. The molecule has 0 aliphatic heterocycles. The first-order valence-corrected chi connectivity index (χ1v) is 6.91. The maximum atomic E-state index is 12.7. The Morgan fingerprint density at radius 2 is 1.90 bits per heavy atom. The number of nitrogens with two attached hydrogens (primary N) is 1. The average Bonchev–Trinajstić information content (AvgIpc) is 2.42. The fourth-order valence-electron chi connectivity index (χ4n) is 2.40. The molecule has 4 heteroatoms. The lowest BCUT2D eigenvalue weighted by atomic mass is 10.1. The lowest BCUT2D eigenvalue weighted by molar-refractivity contribution is 0.0988. The summed E-state index contributed by atoms with van der Waals surface area (Å²) in [5.41, 5.74) is 9.54. The summed E-state index contributed by atoms with van der Waals surface area (Å²) in [5.74, 6) is 0.0206. The van der Waals surface area contributed by atoms with Crippen molar-refractivity contribution >= 4 is 17.3 Å². The van der Waals surface area contributed by atoms with E-state index in [2.05, 4.69) is 0 Å². The van der Waals surface area contributed by atoms with Gasteiger partial charge in [-0.3, -0.25) is 4.79 Å². The van der Waals surface area contributed by atoms with Crippen LogP contribution in [0.1, 0.15) is 28.4 Å². The molecule has 0 fully saturated rings. The molecule has 0 aliphatic carbocycles. The fraction of sp³-hybridized carbons (Fsp3) is 0.235. The Kier molecular flexibility index (Phi) is 4.17. The molecule has 3 N–H and O–H groups in total. The monoisotopic (exact) mass is 284 g/mol. The molecule has 2 aromatic carbocycles. The number of rotatable bonds is 3. The third-order valence-corrected chi connectivity index (χ3v) is 3.39. The Labute approximate surface area is 124 Å². The number of nitrogen functional groups attached to an aromatic ring is 1. The zero-order chi connectivity index (χ0) is 15.6. The minimum Gasteiger partial charge on any atom is -0.508 e. The van der Waals surface area contributed by atoms with E-state index in [1.165, 1.54) is 0 Å². The number of anilines is 2. The van der Waals surface area contributed by atoms with Gasteiger partial charge < -0.3 is 15.7 Å². The smallest absolute Gasteiger partial charge is 0.258 e. The summed E-state index contributed by atoms with van der Waals surface area (Å²) >= 11 is 0. The number of nitrogens with zero attached hydrogens (tertiary/aromatic N) is 1. The Bertz CT molecular complexity index is 660. The summed E-state index contributed by atoms with van der Waals surface area (Å²) in [6, 6.07) is 10.3. The van der Waals surface area contributed by atoms with E-state index in [1.54, 1.807) is 29.2 Å². The summed E-state index contributed by atoms with van der Waals surface area (Å²) in [6.45, 7) is 6.23. The summed E-state index contributed by atoms with van der Waals surface area (Å²) < 4.78 is 0. The minimum atomic E-state index is -0.124. The Morgan fingerprint density at radius 3 is 2.52 bits per heavy atom. The molecule has 0 aliphatic rings. The highest BCUT2D eigenvalue weighted by atomic mass is 16.3. The van der Waals surface area contributed by atoms with Crippen LogP contribution in [0.5, 0.6) is 5.75 Å². The van der Waals surface area contributed by atoms with Gasteiger partial charge in [0.2, 0.25) is 0 Å². The Hall–Kier alpha value is -2.49. The quantitative estimate of drug-likeness (QED) is 0.850. The maximum absolute atomic E-state index is 12.7. The summed E-state index contributed by atoms with van der Waals surface area (Å²) in [7, 11) is 0. The molecule has 1 amide bonds. The van der Waals surface area contributed by atoms with Gasteiger partial charge in [-0.05, 0) is 56.2 Å². The van der Waals surface area contributed by atoms with Crippen LogP contribution in [0.3, 0.4) is 0 Å². The van der Waals surface area contributed by atoms with Crippen LogP contribution < -0.4 is 10.6 Å². The largest absolute Gasteiger partial charge is 0.508 e. The number of carbonyl (C=O) groups excluding carboxylic acids is 1. The van der Waals surface area contributed by atoms with Crippen LogP contribution in [0, 0.1) is 13.8 Å². The van der Waals surface area contributed by atoms with Crippen molar-refractivity contribution in [2.24, 2.45) is 0 Å². The lowest BCUT2D eigenvalue weighted by Gasteiger charge is -2.23. The lowest BCUT2D eigenvalue weighted by Crippen LogP contribution is -2.31. The van der Waals surface area contributed by atoms with E-state index in [-0.39, 0.29) is 11.7 Å². The van der Waals surface area contributed by atoms with Gasteiger partial charge in [0.05, 0.1) is 5.69 Å². The molecular weight excluding hydrogens is 264 g/mol. The van der Waals surface area contributed by atoms with Crippen molar-refractivity contribution in [2.45, 2.75) is 20.8 Å². The number of aromatic hydroxyl groups is 1. The minimum absolute atomic E-state index is 0.124. The number of benzene rings is 2. The van der Waals surface area contributed by atoms with Crippen molar-refractivity contribution in [3.05, 3.63) is 53.1 Å². The van der Waals surface area contributed by atoms with Crippen molar-refractivity contribution in [1.82, 2.24) is 0 Å². The summed E-state index contributed by atoms with van der Waals surface area (Å²) in [5, 5.41) is 9.66. The normalized spacial score (nSPS) is 10.4. The maximum Gasteiger partial charge on any atom is 0.258 e. The molecule has 21 heavy (non-hydrogen) atoms. The van der Waals surface area contributed by atoms with Gasteiger partial charge in [-0.1, -0.05) is 6.07 Å². The highest BCUT2D eigenvalue weighted by Gasteiger charge is 2.18. The number of hydrogen-bond donors (Lipinski definition) is 2. The van der Waals surface area contributed by atoms with E-state index >= 15 is 0 Å². The molecule has 0 radical (unpaired) electrons. The van der Waals surface area contributed by atoms with Gasteiger partial charge >= 0.3 is 0 Å². The fourth-order valence-corrected chi connectivity index (χ4v) is 2.40. The predicted octanol–water partition coefficient (Wildman–Crippen LogP) is 3.26. The van der Waals surface area contributed by atoms with E-state index in [0.717, 1.165) is 11.1 Å². The van der Waals surface area contributed by atoms with Crippen molar-refractivity contribution in [3.8, 4) is 5.75 Å². The third kappa shape index (κ3) is 3.16. The molecule has 0 saturated carbocycles. The third-order valence-electron chi connectivity index (χ3n) is 3.39. The van der Waals surface area contributed by atoms with E-state index in [0.29, 0.717) is 23.5 Å². The molecule has 4 nitrogen and oxygen atoms in total. The van der Waals surface area contributed by atoms with Gasteiger partial charge in [0.25, 0.3) is 5.91 Å². The van der Waals surface area contributed by atoms with Gasteiger partial charge in [-0.15, -0.1) is 0 Å². The molecule has 0 heterocycles. The number of carbonyl (C=O) groups is 1. The van der Waals surface area contributed by atoms with Crippen molar-refractivity contribution in [2.75, 3.05) is 17.2 Å². The topological polar surface area (TPSA) is 66.6 Å². The molecular formula is C17H20N2O2. The van der Waals surface area contributed by atoms with E-state index < -0.39 is 0 Å². The first-order valence-electron chi connectivity index (χ1n) is 6.91. The second kappa shape index (κ2) is 5.87. The molecule has 0 aromatic heterocycles. The van der Waals surface area contributed by atoms with E-state index in [9.17, 15) is 9.90 Å². The van der Waals surface area contributed by atoms with Crippen LogP contribution in [0.25, 0.3) is 0 Å². The highest BCUT2D eigenvalue weighted by molar-refractivity contribution is 6.07. The van der Waals surface area contributed by atoms with E-state index in [4.69, 9.17) is 5.73 Å². The Morgan fingerprint density at radius 1 is 1.19 bits per heavy atom. The number of hydrogen-bond acceptors (Lipinski definition) is 3. The first kappa shape index (κ1) is 14.9. The highest BCUT2D eigenvalue weighted by Crippen LogP contribution is 2.26. The number of phenols is 1. The molecule has 0 atom stereocenters. The summed E-state index contributed by atoms with van der Waals surface area (Å²) in [4.78, 5) is 14.4. The van der Waals surface area contributed by atoms with Crippen LogP contribution in [0.4, 0.5) is 11.4 Å². The van der Waals surface area contributed by atoms with Crippen molar-refractivity contribution in [3.63, 3.8) is 0 Å². The molecule has 0 saturated heterocycles. The van der Waals surface area contributed by atoms with Crippen LogP contribution in [0.15, 0.2) is 36.4 Å². The molecule has 2 rings (SSSR count). The Balaban J connectivity index is 2.45. The number of aryl methyl sites for hydroxylation is 2. The van der Waals surface area contributed by atoms with Gasteiger partial charge in [-0.2, -0.15) is 0 Å². The molecule has 110 valence electrons. The van der Waals surface area contributed by atoms with Gasteiger partial charge in [0, 0.05) is 23.9 Å². The van der Waals surface area contributed by atoms with Gasteiger partial charge in [0.15, 0.2) is 0 Å². The summed E-state index contributed by atoms with van der Waals surface area (Å²) in [6.07, 6.45) is 0. The van der Waals surface area contributed by atoms with Gasteiger partial charge in [-0.25, -0.2) is 0 Å². The number of phenolic OH excluding ortho intramolecular Hbond substituents is 1. The van der Waals surface area contributed by atoms with Crippen LogP contribution >= 0.6 is 0 Å². The molecule has 0 spiro atoms. The SMILES string of the molecule is CCN(C(=O)c1cc(C)cc(N)c1)c1cc(O)ccc1C. The average molecular weight is 284 g/mol. The zero-order valence-electron chi connectivity index (χ0n) is 12.6. The molecule has 2 aromatic rings. The van der Waals surface area contributed by atoms with Gasteiger partial charge in [0.1, 0.15) is 5.75 Å². The number of amides is 1. The standard InChI is InChI=1S/C17H20N2O2/c1-4-19(16-10-15(20)6-5-12(16)3)17(21)13-7-11(2)8-14(18)9-13/h5-10,20H,4,18H2,1-3H3. The second-order valence-corrected chi connectivity index (χ2v) is 5.15. The van der Waals surface area contributed by atoms with Crippen LogP contribution in [0.2, 0.25) is 0 Å². The van der Waals surface area contributed by atoms with Crippen molar-refractivity contribution in [1.29, 1.82) is 0 Å². The van der Waals surface area contributed by atoms with Crippen LogP contribution in [-0.2, 0) is 0 Å². The zero-order valence-corrected chi connectivity index (χ0v) is 12.6. The predicted molar refractivity (Wildman–Crippen MR) is 85.8 cm³/mol. The van der Waals surface area contributed by atoms with Crippen LogP contribution in [-0.4, -0.2) is 17.6 Å². The molecule has 0 bridgehead atoms.